The molecular formula is C22H27N3O2S2. The maximum Gasteiger partial charge on any atom is 0.276 e. The molecule has 3 aromatic rings. The van der Waals surface area contributed by atoms with Gasteiger partial charge >= 0.3 is 0 Å². The molecule has 0 saturated carbocycles. The van der Waals surface area contributed by atoms with Crippen molar-refractivity contribution in [3.63, 3.8) is 0 Å². The second-order valence-corrected chi connectivity index (χ2v) is 8.99. The monoisotopic (exact) mass is 429 g/mol. The van der Waals surface area contributed by atoms with Crippen molar-refractivity contribution in [2.24, 2.45) is 0 Å². The molecule has 0 aliphatic carbocycles. The summed E-state index contributed by atoms with van der Waals surface area (Å²) in [5.74, 6) is 0.349. The fourth-order valence-electron chi connectivity index (χ4n) is 3.32. The van der Waals surface area contributed by atoms with E-state index in [1.54, 1.807) is 4.57 Å². The van der Waals surface area contributed by atoms with Gasteiger partial charge in [-0.25, -0.2) is 4.98 Å². The Balaban J connectivity index is 1.98. The number of unbranched alkanes of at least 4 members (excludes halogenated alkanes) is 1. The third kappa shape index (κ3) is 4.90. The van der Waals surface area contributed by atoms with E-state index in [1.807, 2.05) is 49.3 Å². The highest BCUT2D eigenvalue weighted by atomic mass is 32.2. The van der Waals surface area contributed by atoms with E-state index in [0.29, 0.717) is 21.9 Å². The predicted molar refractivity (Wildman–Crippen MR) is 123 cm³/mol. The van der Waals surface area contributed by atoms with Crippen LogP contribution in [0.2, 0.25) is 0 Å². The summed E-state index contributed by atoms with van der Waals surface area (Å²) >= 11 is 2.74. The molecule has 0 saturated heterocycles. The Morgan fingerprint density at radius 2 is 1.93 bits per heavy atom. The van der Waals surface area contributed by atoms with Crippen LogP contribution in [-0.4, -0.2) is 39.2 Å². The summed E-state index contributed by atoms with van der Waals surface area (Å²) in [6, 6.07) is 7.91. The first kappa shape index (κ1) is 21.6. The first-order chi connectivity index (χ1) is 13.9. The number of hydrogen-bond donors (Lipinski definition) is 0. The van der Waals surface area contributed by atoms with Crippen LogP contribution in [-0.2, 0) is 4.79 Å². The molecule has 1 aromatic carbocycles. The van der Waals surface area contributed by atoms with E-state index in [-0.39, 0.29) is 17.2 Å². The van der Waals surface area contributed by atoms with Crippen molar-refractivity contribution in [2.45, 2.75) is 45.7 Å². The maximum atomic E-state index is 13.2. The highest BCUT2D eigenvalue weighted by Crippen LogP contribution is 2.25. The summed E-state index contributed by atoms with van der Waals surface area (Å²) in [5, 5.41) is 2.44. The van der Waals surface area contributed by atoms with Crippen molar-refractivity contribution in [3.05, 3.63) is 51.1 Å². The summed E-state index contributed by atoms with van der Waals surface area (Å²) in [7, 11) is 0. The SMILES string of the molecule is CCCCN(CC)C(=O)CSc1nc2ccsc2c(=O)n1-c1cc(C)cc(C)c1. The first-order valence-electron chi connectivity index (χ1n) is 9.94. The third-order valence-electron chi connectivity index (χ3n) is 4.75. The van der Waals surface area contributed by atoms with Gasteiger partial charge in [0.2, 0.25) is 5.91 Å². The van der Waals surface area contributed by atoms with Gasteiger partial charge in [-0.2, -0.15) is 0 Å². The highest BCUT2D eigenvalue weighted by molar-refractivity contribution is 7.99. The molecular weight excluding hydrogens is 402 g/mol. The van der Waals surface area contributed by atoms with Crippen molar-refractivity contribution in [1.82, 2.24) is 14.5 Å². The van der Waals surface area contributed by atoms with E-state index in [9.17, 15) is 9.59 Å². The van der Waals surface area contributed by atoms with Gasteiger partial charge < -0.3 is 4.90 Å². The third-order valence-corrected chi connectivity index (χ3v) is 6.57. The maximum absolute atomic E-state index is 13.2. The van der Waals surface area contributed by atoms with Gasteiger partial charge in [-0.1, -0.05) is 31.2 Å². The normalized spacial score (nSPS) is 11.2. The minimum atomic E-state index is -0.0803. The predicted octanol–water partition coefficient (Wildman–Crippen LogP) is 4.80. The number of nitrogens with zero attached hydrogens (tertiary/aromatic N) is 3. The van der Waals surface area contributed by atoms with E-state index in [4.69, 9.17) is 4.98 Å². The first-order valence-corrected chi connectivity index (χ1v) is 11.8. The van der Waals surface area contributed by atoms with Gasteiger partial charge in [-0.05, 0) is 61.9 Å². The van der Waals surface area contributed by atoms with E-state index >= 15 is 0 Å². The average Bonchev–Trinajstić information content (AvgIpc) is 3.15. The van der Waals surface area contributed by atoms with Crippen molar-refractivity contribution in [2.75, 3.05) is 18.8 Å². The van der Waals surface area contributed by atoms with Crippen LogP contribution in [0.15, 0.2) is 39.6 Å². The Morgan fingerprint density at radius 3 is 2.59 bits per heavy atom. The van der Waals surface area contributed by atoms with Gasteiger partial charge in [0.05, 0.1) is 17.0 Å². The fraction of sp³-hybridized carbons (Fsp3) is 0.409. The van der Waals surface area contributed by atoms with E-state index < -0.39 is 0 Å². The summed E-state index contributed by atoms with van der Waals surface area (Å²) in [6.07, 6.45) is 2.05. The number of hydrogen-bond acceptors (Lipinski definition) is 5. The molecule has 0 radical (unpaired) electrons. The minimum absolute atomic E-state index is 0.0803. The largest absolute Gasteiger partial charge is 0.342 e. The van der Waals surface area contributed by atoms with Gasteiger partial charge in [0.15, 0.2) is 5.16 Å². The lowest BCUT2D eigenvalue weighted by atomic mass is 10.1. The number of thiophene rings is 1. The lowest BCUT2D eigenvalue weighted by molar-refractivity contribution is -0.128. The zero-order chi connectivity index (χ0) is 21.0. The van der Waals surface area contributed by atoms with Gasteiger partial charge in [0, 0.05) is 13.1 Å². The molecule has 0 bridgehead atoms. The molecule has 5 nitrogen and oxygen atoms in total. The zero-order valence-electron chi connectivity index (χ0n) is 17.4. The fourth-order valence-corrected chi connectivity index (χ4v) is 5.00. The van der Waals surface area contributed by atoms with Crippen molar-refractivity contribution < 1.29 is 4.79 Å². The molecule has 7 heteroatoms. The standard InChI is InChI=1S/C22H27N3O2S2/c1-5-7-9-24(6-2)19(26)14-29-22-23-18-8-10-28-20(18)21(27)25(22)17-12-15(3)11-16(4)13-17/h8,10-13H,5-7,9,14H2,1-4H3. The number of aryl methyl sites for hydroxylation is 2. The Kier molecular flexibility index (Phi) is 7.14. The summed E-state index contributed by atoms with van der Waals surface area (Å²) in [4.78, 5) is 32.5. The summed E-state index contributed by atoms with van der Waals surface area (Å²) in [5.41, 5.74) is 3.57. The number of aromatic nitrogens is 2. The highest BCUT2D eigenvalue weighted by Gasteiger charge is 2.18. The molecule has 0 atom stereocenters. The summed E-state index contributed by atoms with van der Waals surface area (Å²) < 4.78 is 2.29. The lowest BCUT2D eigenvalue weighted by Gasteiger charge is -2.20. The van der Waals surface area contributed by atoms with E-state index in [0.717, 1.165) is 36.2 Å². The molecule has 0 aliphatic heterocycles. The van der Waals surface area contributed by atoms with Gasteiger partial charge in [0.1, 0.15) is 4.70 Å². The van der Waals surface area contributed by atoms with Crippen LogP contribution in [0.3, 0.4) is 0 Å². The van der Waals surface area contributed by atoms with Crippen LogP contribution in [0.1, 0.15) is 37.8 Å². The Labute approximate surface area is 179 Å². The van der Waals surface area contributed by atoms with E-state index in [2.05, 4.69) is 13.0 Å². The zero-order valence-corrected chi connectivity index (χ0v) is 19.0. The van der Waals surface area contributed by atoms with E-state index in [1.165, 1.54) is 23.1 Å². The Bertz CT molecular complexity index is 1050. The van der Waals surface area contributed by atoms with Crippen LogP contribution in [0.5, 0.6) is 0 Å². The van der Waals surface area contributed by atoms with Crippen molar-refractivity contribution >= 4 is 39.2 Å². The average molecular weight is 430 g/mol. The Morgan fingerprint density at radius 1 is 1.21 bits per heavy atom. The van der Waals surface area contributed by atoms with Gasteiger partial charge in [-0.3, -0.25) is 14.2 Å². The number of carbonyl (C=O) groups excluding carboxylic acids is 1. The topological polar surface area (TPSA) is 55.2 Å². The molecule has 1 amide bonds. The quantitative estimate of drug-likeness (QED) is 0.381. The molecule has 0 spiro atoms. The molecule has 3 rings (SSSR count). The second-order valence-electron chi connectivity index (χ2n) is 7.13. The van der Waals surface area contributed by atoms with Crippen LogP contribution in [0.4, 0.5) is 0 Å². The number of fused-ring (bicyclic) bond motifs is 1. The van der Waals surface area contributed by atoms with Crippen molar-refractivity contribution in [3.8, 4) is 5.69 Å². The molecule has 2 heterocycles. The van der Waals surface area contributed by atoms with Crippen LogP contribution < -0.4 is 5.56 Å². The Hall–Kier alpha value is -2.12. The number of amides is 1. The second kappa shape index (κ2) is 9.59. The minimum Gasteiger partial charge on any atom is -0.342 e. The molecule has 0 unspecified atom stereocenters. The van der Waals surface area contributed by atoms with Crippen LogP contribution in [0, 0.1) is 13.8 Å². The molecule has 0 fully saturated rings. The van der Waals surface area contributed by atoms with Crippen molar-refractivity contribution in [1.29, 1.82) is 0 Å². The number of benzene rings is 1. The lowest BCUT2D eigenvalue weighted by Crippen LogP contribution is -2.33. The number of carbonyl (C=O) groups is 1. The van der Waals surface area contributed by atoms with Crippen LogP contribution >= 0.6 is 23.1 Å². The molecule has 154 valence electrons. The van der Waals surface area contributed by atoms with Gasteiger partial charge in [-0.15, -0.1) is 11.3 Å². The molecule has 2 aromatic heterocycles. The smallest absolute Gasteiger partial charge is 0.276 e. The van der Waals surface area contributed by atoms with Crippen LogP contribution in [0.25, 0.3) is 15.9 Å². The molecule has 0 aliphatic rings. The molecule has 29 heavy (non-hydrogen) atoms. The summed E-state index contributed by atoms with van der Waals surface area (Å²) in [6.45, 7) is 9.62. The number of rotatable bonds is 8. The van der Waals surface area contributed by atoms with Gasteiger partial charge in [0.25, 0.3) is 5.56 Å². The molecule has 0 N–H and O–H groups in total. The number of thioether (sulfide) groups is 1.